The van der Waals surface area contributed by atoms with Gasteiger partial charge in [0.15, 0.2) is 0 Å². The number of para-hydroxylation sites is 1. The SMILES string of the molecule is CCCCc1cc(C)c2cc(CCCC)n(Cc3ccc(-c4ccccc4NS(=O)(=O)C(F)(F)F)cc3)c2n1. The second-order valence-electron chi connectivity index (χ2n) is 9.89. The van der Waals surface area contributed by atoms with Gasteiger partial charge in [0.1, 0.15) is 5.65 Å². The van der Waals surface area contributed by atoms with Crippen LogP contribution >= 0.6 is 0 Å². The van der Waals surface area contributed by atoms with Crippen LogP contribution in [0.5, 0.6) is 0 Å². The van der Waals surface area contributed by atoms with Crippen LogP contribution in [0.15, 0.2) is 60.7 Å². The number of aromatic nitrogens is 2. The van der Waals surface area contributed by atoms with E-state index in [1.54, 1.807) is 29.0 Å². The van der Waals surface area contributed by atoms with Gasteiger partial charge in [-0.3, -0.25) is 4.72 Å². The van der Waals surface area contributed by atoms with Crippen LogP contribution in [0.1, 0.15) is 62.0 Å². The Labute approximate surface area is 228 Å². The standard InChI is InChI=1S/C30H34F3N3O2S/c1-4-6-10-24-18-21(3)27-19-25(11-7-5-2)36(29(27)34-24)20-22-14-16-23(17-15-22)26-12-8-9-13-28(26)35-39(37,38)30(31,32)33/h8-9,12-19,35H,4-7,10-11,20H2,1-3H3. The van der Waals surface area contributed by atoms with Crippen molar-refractivity contribution in [2.45, 2.75) is 71.3 Å². The maximum atomic E-state index is 13.0. The molecule has 0 atom stereocenters. The molecule has 0 aliphatic heterocycles. The number of nitrogens with zero attached hydrogens (tertiary/aromatic N) is 2. The van der Waals surface area contributed by atoms with Gasteiger partial charge in [-0.2, -0.15) is 21.6 Å². The Morgan fingerprint density at radius 2 is 1.59 bits per heavy atom. The number of pyridine rings is 1. The molecule has 0 saturated heterocycles. The van der Waals surface area contributed by atoms with E-state index >= 15 is 0 Å². The van der Waals surface area contributed by atoms with Crippen LogP contribution in [0, 0.1) is 6.92 Å². The lowest BCUT2D eigenvalue weighted by atomic mass is 10.0. The van der Waals surface area contributed by atoms with E-state index in [9.17, 15) is 21.6 Å². The van der Waals surface area contributed by atoms with Gasteiger partial charge in [0, 0.05) is 28.9 Å². The van der Waals surface area contributed by atoms with Crippen LogP contribution in [-0.2, 0) is 29.4 Å². The molecule has 4 rings (SSSR count). The van der Waals surface area contributed by atoms with Gasteiger partial charge in [-0.25, -0.2) is 4.98 Å². The summed E-state index contributed by atoms with van der Waals surface area (Å²) in [6.07, 6.45) is 6.23. The van der Waals surface area contributed by atoms with Crippen LogP contribution in [0.25, 0.3) is 22.2 Å². The number of halogens is 3. The molecular formula is C30H34F3N3O2S. The normalized spacial score (nSPS) is 12.3. The second-order valence-corrected chi connectivity index (χ2v) is 11.6. The molecule has 0 bridgehead atoms. The molecule has 1 N–H and O–H groups in total. The van der Waals surface area contributed by atoms with E-state index in [4.69, 9.17) is 4.98 Å². The number of anilines is 1. The molecule has 0 radical (unpaired) electrons. The summed E-state index contributed by atoms with van der Waals surface area (Å²) in [5, 5.41) is 1.16. The first kappa shape index (κ1) is 28.7. The maximum absolute atomic E-state index is 13.0. The Morgan fingerprint density at radius 3 is 2.26 bits per heavy atom. The summed E-state index contributed by atoms with van der Waals surface area (Å²) in [5.74, 6) is 0. The molecular weight excluding hydrogens is 523 g/mol. The smallest absolute Gasteiger partial charge is 0.325 e. The minimum Gasteiger partial charge on any atom is -0.325 e. The lowest BCUT2D eigenvalue weighted by Crippen LogP contribution is -2.30. The number of unbranched alkanes of at least 4 members (excludes halogenated alkanes) is 2. The molecule has 2 aromatic heterocycles. The topological polar surface area (TPSA) is 64.0 Å². The molecule has 0 unspecified atom stereocenters. The second kappa shape index (κ2) is 11.8. The number of aryl methyl sites for hydroxylation is 3. The van der Waals surface area contributed by atoms with Crippen LogP contribution in [0.3, 0.4) is 0 Å². The highest BCUT2D eigenvalue weighted by atomic mass is 32.2. The minimum absolute atomic E-state index is 0.125. The van der Waals surface area contributed by atoms with Crippen molar-refractivity contribution in [3.63, 3.8) is 0 Å². The zero-order valence-corrected chi connectivity index (χ0v) is 23.3. The van der Waals surface area contributed by atoms with E-state index in [0.29, 0.717) is 17.7 Å². The highest BCUT2D eigenvalue weighted by Gasteiger charge is 2.46. The number of benzene rings is 2. The van der Waals surface area contributed by atoms with Crippen LogP contribution in [0.2, 0.25) is 0 Å². The van der Waals surface area contributed by atoms with Gasteiger partial charge in [-0.05, 0) is 67.5 Å². The summed E-state index contributed by atoms with van der Waals surface area (Å²) in [5.41, 5.74) is 0.979. The van der Waals surface area contributed by atoms with Crippen LogP contribution < -0.4 is 4.72 Å². The monoisotopic (exact) mass is 557 g/mol. The summed E-state index contributed by atoms with van der Waals surface area (Å²) >= 11 is 0. The van der Waals surface area contributed by atoms with Gasteiger partial charge in [0.2, 0.25) is 0 Å². The first-order valence-corrected chi connectivity index (χ1v) is 14.8. The highest BCUT2D eigenvalue weighted by molar-refractivity contribution is 7.93. The van der Waals surface area contributed by atoms with Gasteiger partial charge in [0.05, 0.1) is 5.69 Å². The van der Waals surface area contributed by atoms with E-state index in [1.807, 2.05) is 12.1 Å². The van der Waals surface area contributed by atoms with Crippen molar-refractivity contribution < 1.29 is 21.6 Å². The average Bonchev–Trinajstić information content (AvgIpc) is 3.23. The van der Waals surface area contributed by atoms with Gasteiger partial charge in [-0.1, -0.05) is 69.2 Å². The molecule has 4 aromatic rings. The highest BCUT2D eigenvalue weighted by Crippen LogP contribution is 2.33. The molecule has 2 aromatic carbocycles. The fraction of sp³-hybridized carbons (Fsp3) is 0.367. The van der Waals surface area contributed by atoms with Gasteiger partial charge in [0.25, 0.3) is 0 Å². The van der Waals surface area contributed by atoms with Gasteiger partial charge in [-0.15, -0.1) is 0 Å². The number of rotatable bonds is 11. The van der Waals surface area contributed by atoms with Crippen LogP contribution in [0.4, 0.5) is 18.9 Å². The first-order valence-electron chi connectivity index (χ1n) is 13.3. The minimum atomic E-state index is -5.53. The number of hydrogen-bond donors (Lipinski definition) is 1. The third kappa shape index (κ3) is 6.46. The summed E-state index contributed by atoms with van der Waals surface area (Å²) in [7, 11) is -5.53. The van der Waals surface area contributed by atoms with Crippen LogP contribution in [-0.4, -0.2) is 23.5 Å². The third-order valence-corrected chi connectivity index (χ3v) is 7.96. The number of sulfonamides is 1. The van der Waals surface area contributed by atoms with Crippen molar-refractivity contribution in [1.82, 2.24) is 9.55 Å². The molecule has 0 saturated carbocycles. The molecule has 5 nitrogen and oxygen atoms in total. The Hall–Kier alpha value is -3.33. The van der Waals surface area contributed by atoms with E-state index in [1.165, 1.54) is 23.4 Å². The number of hydrogen-bond acceptors (Lipinski definition) is 3. The number of nitrogens with one attached hydrogen (secondary N) is 1. The summed E-state index contributed by atoms with van der Waals surface area (Å²) in [6, 6.07) is 18.0. The fourth-order valence-corrected chi connectivity index (χ4v) is 5.31. The summed E-state index contributed by atoms with van der Waals surface area (Å²) < 4.78 is 66.3. The third-order valence-electron chi connectivity index (χ3n) is 6.87. The van der Waals surface area contributed by atoms with E-state index < -0.39 is 15.5 Å². The molecule has 39 heavy (non-hydrogen) atoms. The average molecular weight is 558 g/mol. The molecule has 0 aliphatic carbocycles. The van der Waals surface area contributed by atoms with Crippen molar-refractivity contribution >= 4 is 26.7 Å². The summed E-state index contributed by atoms with van der Waals surface area (Å²) in [6.45, 7) is 7.08. The predicted octanol–water partition coefficient (Wildman–Crippen LogP) is 8.01. The molecule has 0 fully saturated rings. The largest absolute Gasteiger partial charge is 0.516 e. The number of fused-ring (bicyclic) bond motifs is 1. The molecule has 208 valence electrons. The Balaban J connectivity index is 1.67. The summed E-state index contributed by atoms with van der Waals surface area (Å²) in [4.78, 5) is 5.03. The molecule has 0 aliphatic rings. The van der Waals surface area contributed by atoms with Crippen molar-refractivity contribution in [2.24, 2.45) is 0 Å². The van der Waals surface area contributed by atoms with Crippen molar-refractivity contribution in [3.8, 4) is 11.1 Å². The zero-order chi connectivity index (χ0) is 28.2. The number of alkyl halides is 3. The van der Waals surface area contributed by atoms with Crippen molar-refractivity contribution in [3.05, 3.63) is 83.2 Å². The zero-order valence-electron chi connectivity index (χ0n) is 22.5. The fourth-order valence-electron chi connectivity index (χ4n) is 4.72. The quantitative estimate of drug-likeness (QED) is 0.203. The lowest BCUT2D eigenvalue weighted by molar-refractivity contribution is -0.0429. The Morgan fingerprint density at radius 1 is 0.923 bits per heavy atom. The molecule has 0 spiro atoms. The predicted molar refractivity (Wildman–Crippen MR) is 151 cm³/mol. The molecule has 9 heteroatoms. The Bertz CT molecular complexity index is 1540. The first-order chi connectivity index (χ1) is 18.5. The molecule has 0 amide bonds. The van der Waals surface area contributed by atoms with E-state index in [-0.39, 0.29) is 5.69 Å². The molecule has 2 heterocycles. The maximum Gasteiger partial charge on any atom is 0.516 e. The van der Waals surface area contributed by atoms with Gasteiger partial charge < -0.3 is 4.57 Å². The van der Waals surface area contributed by atoms with E-state index in [2.05, 4.69) is 37.5 Å². The van der Waals surface area contributed by atoms with E-state index in [0.717, 1.165) is 60.8 Å². The van der Waals surface area contributed by atoms with Gasteiger partial charge >= 0.3 is 15.5 Å². The van der Waals surface area contributed by atoms with Crippen molar-refractivity contribution in [2.75, 3.05) is 4.72 Å². The lowest BCUT2D eigenvalue weighted by Gasteiger charge is -2.15. The Kier molecular flexibility index (Phi) is 8.69. The van der Waals surface area contributed by atoms with Crippen molar-refractivity contribution in [1.29, 1.82) is 0 Å².